The normalized spacial score (nSPS) is 11.3. The minimum absolute atomic E-state index is 0.168. The molecule has 0 aliphatic heterocycles. The highest BCUT2D eigenvalue weighted by molar-refractivity contribution is 5.73. The summed E-state index contributed by atoms with van der Waals surface area (Å²) < 4.78 is 0. The van der Waals surface area contributed by atoms with Gasteiger partial charge in [-0.15, -0.1) is 0 Å². The van der Waals surface area contributed by atoms with E-state index in [4.69, 9.17) is 0 Å². The molecule has 0 aliphatic rings. The second-order valence-corrected chi connectivity index (χ2v) is 8.42. The Labute approximate surface area is 170 Å². The van der Waals surface area contributed by atoms with Crippen LogP contribution in [-0.4, -0.2) is 0 Å². The molecule has 0 fully saturated rings. The number of anilines is 1. The third kappa shape index (κ3) is 4.92. The molecule has 28 heavy (non-hydrogen) atoms. The number of allylic oxidation sites excluding steroid dienone is 1. The van der Waals surface area contributed by atoms with E-state index in [0.717, 1.165) is 18.7 Å². The van der Waals surface area contributed by atoms with Crippen LogP contribution in [0.4, 0.5) is 5.69 Å². The number of hydrogen-bond acceptors (Lipinski definition) is 1. The molecule has 3 aromatic carbocycles. The third-order valence-electron chi connectivity index (χ3n) is 5.18. The quantitative estimate of drug-likeness (QED) is 0.469. The van der Waals surface area contributed by atoms with Crippen molar-refractivity contribution in [2.24, 2.45) is 0 Å². The lowest BCUT2D eigenvalue weighted by Gasteiger charge is -2.19. The summed E-state index contributed by atoms with van der Waals surface area (Å²) in [5, 5.41) is 3.52. The van der Waals surface area contributed by atoms with E-state index in [1.165, 1.54) is 33.4 Å². The van der Waals surface area contributed by atoms with Crippen LogP contribution in [-0.2, 0) is 12.0 Å². The van der Waals surface area contributed by atoms with Gasteiger partial charge in [0.1, 0.15) is 0 Å². The Morgan fingerprint density at radius 1 is 0.857 bits per heavy atom. The first-order valence-corrected chi connectivity index (χ1v) is 10.1. The molecular weight excluding hydrogens is 338 g/mol. The summed E-state index contributed by atoms with van der Waals surface area (Å²) in [7, 11) is 0. The molecule has 1 nitrogen and oxygen atoms in total. The third-order valence-corrected chi connectivity index (χ3v) is 5.18. The van der Waals surface area contributed by atoms with Crippen molar-refractivity contribution in [3.8, 4) is 11.1 Å². The molecule has 0 aliphatic carbocycles. The van der Waals surface area contributed by atoms with Gasteiger partial charge >= 0.3 is 0 Å². The Balaban J connectivity index is 1.92. The van der Waals surface area contributed by atoms with Crippen LogP contribution >= 0.6 is 0 Å². The molecule has 3 rings (SSSR count). The Kier molecular flexibility index (Phi) is 6.04. The van der Waals surface area contributed by atoms with Crippen molar-refractivity contribution in [1.82, 2.24) is 0 Å². The molecule has 1 heteroatoms. The van der Waals surface area contributed by atoms with Gasteiger partial charge in [-0.25, -0.2) is 0 Å². The highest BCUT2D eigenvalue weighted by Crippen LogP contribution is 2.29. The van der Waals surface area contributed by atoms with Crippen LogP contribution in [0.15, 0.2) is 79.4 Å². The average molecular weight is 370 g/mol. The molecule has 0 radical (unpaired) electrons. The van der Waals surface area contributed by atoms with Gasteiger partial charge in [0, 0.05) is 12.2 Å². The van der Waals surface area contributed by atoms with Gasteiger partial charge in [0.2, 0.25) is 0 Å². The molecule has 0 unspecified atom stereocenters. The molecule has 0 atom stereocenters. The second-order valence-electron chi connectivity index (χ2n) is 8.42. The largest absolute Gasteiger partial charge is 0.381 e. The van der Waals surface area contributed by atoms with E-state index in [1.807, 2.05) is 6.07 Å². The van der Waals surface area contributed by atoms with Crippen molar-refractivity contribution >= 4 is 11.3 Å². The summed E-state index contributed by atoms with van der Waals surface area (Å²) in [6.45, 7) is 14.0. The Hall–Kier alpha value is -2.80. The predicted molar refractivity (Wildman–Crippen MR) is 124 cm³/mol. The lowest BCUT2D eigenvalue weighted by atomic mass is 9.86. The first-order chi connectivity index (χ1) is 13.4. The van der Waals surface area contributed by atoms with Crippen molar-refractivity contribution in [2.75, 3.05) is 5.32 Å². The molecule has 3 aromatic rings. The molecule has 0 saturated heterocycles. The van der Waals surface area contributed by atoms with Crippen molar-refractivity contribution in [3.05, 3.63) is 96.1 Å². The molecule has 0 bridgehead atoms. The van der Waals surface area contributed by atoms with Crippen LogP contribution in [0.5, 0.6) is 0 Å². The van der Waals surface area contributed by atoms with Crippen LogP contribution in [0.2, 0.25) is 0 Å². The summed E-state index contributed by atoms with van der Waals surface area (Å²) in [6, 6.07) is 26.1. The number of nitrogens with one attached hydrogen (secondary N) is 1. The van der Waals surface area contributed by atoms with Crippen molar-refractivity contribution in [2.45, 2.75) is 46.1 Å². The maximum absolute atomic E-state index is 4.26. The number of rotatable bonds is 6. The average Bonchev–Trinajstić information content (AvgIpc) is 2.71. The van der Waals surface area contributed by atoms with Gasteiger partial charge in [-0.2, -0.15) is 0 Å². The summed E-state index contributed by atoms with van der Waals surface area (Å²) in [6.07, 6.45) is 0.956. The summed E-state index contributed by atoms with van der Waals surface area (Å²) in [5.74, 6) is 0. The maximum atomic E-state index is 4.26. The zero-order chi connectivity index (χ0) is 20.1. The van der Waals surface area contributed by atoms with E-state index < -0.39 is 0 Å². The van der Waals surface area contributed by atoms with Gasteiger partial charge < -0.3 is 5.32 Å². The molecule has 0 aromatic heterocycles. The van der Waals surface area contributed by atoms with Crippen LogP contribution < -0.4 is 5.32 Å². The predicted octanol–water partition coefficient (Wildman–Crippen LogP) is 7.69. The minimum Gasteiger partial charge on any atom is -0.381 e. The van der Waals surface area contributed by atoms with E-state index in [9.17, 15) is 0 Å². The van der Waals surface area contributed by atoms with Gasteiger partial charge in [0.15, 0.2) is 0 Å². The van der Waals surface area contributed by atoms with Crippen LogP contribution in [0.1, 0.15) is 50.8 Å². The van der Waals surface area contributed by atoms with E-state index >= 15 is 0 Å². The molecule has 144 valence electrons. The zero-order valence-corrected chi connectivity index (χ0v) is 17.5. The van der Waals surface area contributed by atoms with Gasteiger partial charge in [0.25, 0.3) is 0 Å². The standard InChI is InChI=1S/C27H31N/c1-6-20(2)23-16-21(19-28-26-10-8-7-9-11-26)17-24(18-23)22-12-14-25(15-13-22)27(3,4)5/h7-18,28H,2,6,19H2,1,3-5H3. The lowest BCUT2D eigenvalue weighted by molar-refractivity contribution is 0.590. The lowest BCUT2D eigenvalue weighted by Crippen LogP contribution is -2.10. The Morgan fingerprint density at radius 2 is 1.54 bits per heavy atom. The van der Waals surface area contributed by atoms with E-state index in [-0.39, 0.29) is 5.41 Å². The van der Waals surface area contributed by atoms with Gasteiger partial charge in [-0.05, 0) is 75.6 Å². The molecule has 0 heterocycles. The fourth-order valence-corrected chi connectivity index (χ4v) is 3.29. The summed E-state index contributed by atoms with van der Waals surface area (Å²) in [4.78, 5) is 0. The van der Waals surface area contributed by atoms with Gasteiger partial charge in [-0.1, -0.05) is 76.7 Å². The summed E-state index contributed by atoms with van der Waals surface area (Å²) in [5.41, 5.74) is 8.83. The zero-order valence-electron chi connectivity index (χ0n) is 17.5. The topological polar surface area (TPSA) is 12.0 Å². The Bertz CT molecular complexity index is 928. The fourth-order valence-electron chi connectivity index (χ4n) is 3.29. The number of para-hydroxylation sites is 1. The number of hydrogen-bond donors (Lipinski definition) is 1. The van der Waals surface area contributed by atoms with E-state index in [2.05, 4.69) is 106 Å². The van der Waals surface area contributed by atoms with E-state index in [0.29, 0.717) is 0 Å². The Morgan fingerprint density at radius 3 is 2.14 bits per heavy atom. The van der Waals surface area contributed by atoms with Gasteiger partial charge in [-0.3, -0.25) is 0 Å². The monoisotopic (exact) mass is 369 g/mol. The second kappa shape index (κ2) is 8.48. The molecule has 0 amide bonds. The SMILES string of the molecule is C=C(CC)c1cc(CNc2ccccc2)cc(-c2ccc(C(C)(C)C)cc2)c1. The fraction of sp³-hybridized carbons (Fsp3) is 0.259. The van der Waals surface area contributed by atoms with Crippen molar-refractivity contribution in [1.29, 1.82) is 0 Å². The minimum atomic E-state index is 0.168. The van der Waals surface area contributed by atoms with E-state index in [1.54, 1.807) is 0 Å². The smallest absolute Gasteiger partial charge is 0.0401 e. The van der Waals surface area contributed by atoms with Crippen LogP contribution in [0, 0.1) is 0 Å². The van der Waals surface area contributed by atoms with Gasteiger partial charge in [0.05, 0.1) is 0 Å². The maximum Gasteiger partial charge on any atom is 0.0401 e. The van der Waals surface area contributed by atoms with Crippen LogP contribution in [0.3, 0.4) is 0 Å². The molecule has 0 spiro atoms. The molecule has 1 N–H and O–H groups in total. The van der Waals surface area contributed by atoms with Crippen molar-refractivity contribution in [3.63, 3.8) is 0 Å². The first kappa shape index (κ1) is 19.9. The van der Waals surface area contributed by atoms with Crippen LogP contribution in [0.25, 0.3) is 16.7 Å². The highest BCUT2D eigenvalue weighted by atomic mass is 14.9. The first-order valence-electron chi connectivity index (χ1n) is 10.1. The van der Waals surface area contributed by atoms with Crippen molar-refractivity contribution < 1.29 is 0 Å². The molecular formula is C27H31N. The number of benzene rings is 3. The highest BCUT2D eigenvalue weighted by Gasteiger charge is 2.13. The molecule has 0 saturated carbocycles. The summed E-state index contributed by atoms with van der Waals surface area (Å²) >= 11 is 0.